The minimum atomic E-state index is 0.976. The highest BCUT2D eigenvalue weighted by atomic mass is 14.7. The van der Waals surface area contributed by atoms with Gasteiger partial charge in [-0.15, -0.1) is 0 Å². The average molecular weight is 259 g/mol. The number of hydrogen-bond acceptors (Lipinski definition) is 1. The highest BCUT2D eigenvalue weighted by molar-refractivity contribution is 5.92. The van der Waals surface area contributed by atoms with Crippen molar-refractivity contribution in [1.29, 1.82) is 0 Å². The number of hydrogen-bond donors (Lipinski definition) is 0. The summed E-state index contributed by atoms with van der Waals surface area (Å²) in [7, 11) is 0. The summed E-state index contributed by atoms with van der Waals surface area (Å²) in [6, 6.07) is 13.0. The summed E-state index contributed by atoms with van der Waals surface area (Å²) in [4.78, 5) is 4.90. The van der Waals surface area contributed by atoms with Gasteiger partial charge in [0.15, 0.2) is 0 Å². The SMILES string of the molecule is Cc1ccc2c(c1C)Cc1nc3ccccc3c(C)c1-2. The van der Waals surface area contributed by atoms with E-state index in [1.165, 1.54) is 44.5 Å². The van der Waals surface area contributed by atoms with E-state index in [0.29, 0.717) is 0 Å². The monoisotopic (exact) mass is 259 g/mol. The number of para-hydroxylation sites is 1. The van der Waals surface area contributed by atoms with Gasteiger partial charge in [0.1, 0.15) is 0 Å². The number of rotatable bonds is 0. The number of aryl methyl sites for hydroxylation is 2. The predicted molar refractivity (Wildman–Crippen MR) is 84.2 cm³/mol. The fraction of sp³-hybridized carbons (Fsp3) is 0.211. The van der Waals surface area contributed by atoms with Crippen molar-refractivity contribution in [3.8, 4) is 11.1 Å². The van der Waals surface area contributed by atoms with Crippen LogP contribution in [0.5, 0.6) is 0 Å². The molecule has 1 aliphatic carbocycles. The predicted octanol–water partition coefficient (Wildman–Crippen LogP) is 4.73. The van der Waals surface area contributed by atoms with Crippen molar-refractivity contribution in [2.75, 3.05) is 0 Å². The molecular formula is C19H17N. The maximum atomic E-state index is 4.90. The molecule has 20 heavy (non-hydrogen) atoms. The Labute approximate surface area is 119 Å². The molecule has 98 valence electrons. The maximum Gasteiger partial charge on any atom is 0.0708 e. The molecule has 2 aromatic carbocycles. The van der Waals surface area contributed by atoms with Crippen LogP contribution in [0.25, 0.3) is 22.0 Å². The minimum absolute atomic E-state index is 0.976. The van der Waals surface area contributed by atoms with Gasteiger partial charge in [-0.2, -0.15) is 0 Å². The summed E-state index contributed by atoms with van der Waals surface area (Å²) < 4.78 is 0. The highest BCUT2D eigenvalue weighted by Gasteiger charge is 2.24. The topological polar surface area (TPSA) is 12.9 Å². The molecule has 1 aromatic heterocycles. The van der Waals surface area contributed by atoms with Gasteiger partial charge in [-0.25, -0.2) is 0 Å². The Morgan fingerprint density at radius 3 is 2.55 bits per heavy atom. The van der Waals surface area contributed by atoms with Gasteiger partial charge in [0, 0.05) is 17.4 Å². The molecule has 0 atom stereocenters. The van der Waals surface area contributed by atoms with Crippen LogP contribution in [-0.2, 0) is 6.42 Å². The summed E-state index contributed by atoms with van der Waals surface area (Å²) in [5.41, 5.74) is 10.7. The van der Waals surface area contributed by atoms with Crippen LogP contribution < -0.4 is 0 Å². The summed E-state index contributed by atoms with van der Waals surface area (Å²) in [5.74, 6) is 0. The zero-order chi connectivity index (χ0) is 13.9. The molecule has 1 heterocycles. The highest BCUT2D eigenvalue weighted by Crippen LogP contribution is 2.42. The van der Waals surface area contributed by atoms with Crippen LogP contribution in [0.4, 0.5) is 0 Å². The van der Waals surface area contributed by atoms with E-state index >= 15 is 0 Å². The summed E-state index contributed by atoms with van der Waals surface area (Å²) in [6.07, 6.45) is 0.976. The molecule has 1 heteroatoms. The molecule has 0 fully saturated rings. The third kappa shape index (κ3) is 1.41. The van der Waals surface area contributed by atoms with Gasteiger partial charge in [0.2, 0.25) is 0 Å². The van der Waals surface area contributed by atoms with Crippen molar-refractivity contribution in [2.24, 2.45) is 0 Å². The van der Waals surface area contributed by atoms with Gasteiger partial charge in [-0.05, 0) is 54.7 Å². The molecule has 1 nitrogen and oxygen atoms in total. The van der Waals surface area contributed by atoms with Gasteiger partial charge < -0.3 is 0 Å². The lowest BCUT2D eigenvalue weighted by molar-refractivity contribution is 1.12. The second-order valence-electron chi connectivity index (χ2n) is 5.79. The van der Waals surface area contributed by atoms with Crippen molar-refractivity contribution in [3.63, 3.8) is 0 Å². The van der Waals surface area contributed by atoms with Crippen LogP contribution in [-0.4, -0.2) is 4.98 Å². The Morgan fingerprint density at radius 1 is 0.900 bits per heavy atom. The van der Waals surface area contributed by atoms with E-state index < -0.39 is 0 Å². The molecule has 0 saturated carbocycles. The molecule has 1 aliphatic rings. The van der Waals surface area contributed by atoms with Crippen molar-refractivity contribution >= 4 is 10.9 Å². The number of pyridine rings is 1. The lowest BCUT2D eigenvalue weighted by Crippen LogP contribution is -1.92. The first-order valence-electron chi connectivity index (χ1n) is 7.14. The molecular weight excluding hydrogens is 242 g/mol. The number of nitrogens with zero attached hydrogens (tertiary/aromatic N) is 1. The van der Waals surface area contributed by atoms with Crippen molar-refractivity contribution in [2.45, 2.75) is 27.2 Å². The fourth-order valence-corrected chi connectivity index (χ4v) is 3.43. The quantitative estimate of drug-likeness (QED) is 0.445. The third-order valence-corrected chi connectivity index (χ3v) is 4.71. The Bertz CT molecular complexity index is 859. The molecule has 0 spiro atoms. The van der Waals surface area contributed by atoms with Crippen molar-refractivity contribution in [1.82, 2.24) is 4.98 Å². The van der Waals surface area contributed by atoms with Crippen LogP contribution >= 0.6 is 0 Å². The van der Waals surface area contributed by atoms with Gasteiger partial charge in [0.25, 0.3) is 0 Å². The van der Waals surface area contributed by atoms with Crippen LogP contribution in [0.1, 0.15) is 27.9 Å². The van der Waals surface area contributed by atoms with Gasteiger partial charge in [-0.1, -0.05) is 30.3 Å². The maximum absolute atomic E-state index is 4.90. The molecule has 0 amide bonds. The molecule has 3 aromatic rings. The van der Waals surface area contributed by atoms with Crippen molar-refractivity contribution < 1.29 is 0 Å². The second-order valence-corrected chi connectivity index (χ2v) is 5.79. The summed E-state index contributed by atoms with van der Waals surface area (Å²) >= 11 is 0. The average Bonchev–Trinajstić information content (AvgIpc) is 2.83. The largest absolute Gasteiger partial charge is 0.252 e. The van der Waals surface area contributed by atoms with E-state index in [1.807, 2.05) is 0 Å². The van der Waals surface area contributed by atoms with Crippen LogP contribution in [0.3, 0.4) is 0 Å². The Hall–Kier alpha value is -2.15. The summed E-state index contributed by atoms with van der Waals surface area (Å²) in [6.45, 7) is 6.65. The Balaban J connectivity index is 2.11. The molecule has 0 radical (unpaired) electrons. The fourth-order valence-electron chi connectivity index (χ4n) is 3.43. The molecule has 4 rings (SSSR count). The van der Waals surface area contributed by atoms with Crippen molar-refractivity contribution in [3.05, 3.63) is 64.3 Å². The van der Waals surface area contributed by atoms with E-state index in [9.17, 15) is 0 Å². The normalized spacial score (nSPS) is 12.6. The van der Waals surface area contributed by atoms with Crippen LogP contribution in [0, 0.1) is 20.8 Å². The second kappa shape index (κ2) is 3.92. The number of aromatic nitrogens is 1. The molecule has 0 unspecified atom stereocenters. The first kappa shape index (κ1) is 11.7. The van der Waals surface area contributed by atoms with E-state index in [0.717, 1.165) is 11.9 Å². The standard InChI is InChI=1S/C19H17N/c1-11-8-9-15-16(12(11)2)10-18-19(15)13(3)14-6-4-5-7-17(14)20-18/h4-9H,10H2,1-3H3. The molecule has 0 saturated heterocycles. The minimum Gasteiger partial charge on any atom is -0.252 e. The van der Waals surface area contributed by atoms with E-state index in [4.69, 9.17) is 4.98 Å². The van der Waals surface area contributed by atoms with Gasteiger partial charge in [-0.3, -0.25) is 4.98 Å². The first-order valence-corrected chi connectivity index (χ1v) is 7.14. The zero-order valence-corrected chi connectivity index (χ0v) is 12.1. The van der Waals surface area contributed by atoms with E-state index in [-0.39, 0.29) is 0 Å². The molecule has 0 N–H and O–H groups in total. The Kier molecular flexibility index (Phi) is 2.29. The zero-order valence-electron chi connectivity index (χ0n) is 12.1. The molecule has 0 bridgehead atoms. The molecule has 0 aliphatic heterocycles. The van der Waals surface area contributed by atoms with Gasteiger partial charge in [0.05, 0.1) is 11.2 Å². The van der Waals surface area contributed by atoms with E-state index in [2.05, 4.69) is 57.2 Å². The smallest absolute Gasteiger partial charge is 0.0708 e. The lowest BCUT2D eigenvalue weighted by Gasteiger charge is -2.10. The van der Waals surface area contributed by atoms with E-state index in [1.54, 1.807) is 0 Å². The Morgan fingerprint density at radius 2 is 1.70 bits per heavy atom. The van der Waals surface area contributed by atoms with Gasteiger partial charge >= 0.3 is 0 Å². The number of fused-ring (bicyclic) bond motifs is 4. The van der Waals surface area contributed by atoms with Crippen LogP contribution in [0.15, 0.2) is 36.4 Å². The lowest BCUT2D eigenvalue weighted by atomic mass is 9.95. The summed E-state index contributed by atoms with van der Waals surface area (Å²) in [5, 5.41) is 1.28. The third-order valence-electron chi connectivity index (χ3n) is 4.71. The first-order chi connectivity index (χ1) is 9.66. The number of benzene rings is 2. The van der Waals surface area contributed by atoms with Crippen LogP contribution in [0.2, 0.25) is 0 Å².